The van der Waals surface area contributed by atoms with E-state index in [-0.39, 0.29) is 22.7 Å². The number of fused-ring (bicyclic) bond motifs is 2. The van der Waals surface area contributed by atoms with Gasteiger partial charge in [-0.1, -0.05) is 0 Å². The molecular formula is C16H12F2N2O4S. The summed E-state index contributed by atoms with van der Waals surface area (Å²) in [5.74, 6) is -2.37. The van der Waals surface area contributed by atoms with Crippen LogP contribution in [0.1, 0.15) is 12.0 Å². The Morgan fingerprint density at radius 2 is 1.96 bits per heavy atom. The first-order valence-corrected chi connectivity index (χ1v) is 8.94. The van der Waals surface area contributed by atoms with Crippen LogP contribution in [-0.2, 0) is 16.4 Å². The molecule has 0 saturated heterocycles. The largest absolute Gasteiger partial charge is 0.417 e. The average Bonchev–Trinajstić information content (AvgIpc) is 2.93. The highest BCUT2D eigenvalue weighted by molar-refractivity contribution is 7.92. The van der Waals surface area contributed by atoms with Crippen molar-refractivity contribution in [1.29, 1.82) is 0 Å². The summed E-state index contributed by atoms with van der Waals surface area (Å²) in [6, 6.07) is 5.73. The van der Waals surface area contributed by atoms with Gasteiger partial charge in [-0.2, -0.15) is 0 Å². The van der Waals surface area contributed by atoms with Crippen molar-refractivity contribution in [3.63, 3.8) is 0 Å². The Bertz CT molecular complexity index is 1150. The average molecular weight is 366 g/mol. The van der Waals surface area contributed by atoms with Gasteiger partial charge in [-0.3, -0.25) is 9.29 Å². The highest BCUT2D eigenvalue weighted by atomic mass is 32.2. The molecule has 0 unspecified atom stereocenters. The second-order valence-electron chi connectivity index (χ2n) is 5.75. The number of benzene rings is 2. The zero-order chi connectivity index (χ0) is 17.8. The lowest BCUT2D eigenvalue weighted by atomic mass is 10.0. The second kappa shape index (κ2) is 5.41. The van der Waals surface area contributed by atoms with E-state index in [1.807, 2.05) is 0 Å². The molecule has 3 aromatic rings. The number of rotatable bonds is 2. The molecule has 0 atom stereocenters. The number of oxazole rings is 1. The number of hydrogen-bond donors (Lipinski definition) is 1. The summed E-state index contributed by atoms with van der Waals surface area (Å²) in [5, 5.41) is 0. The first-order valence-electron chi connectivity index (χ1n) is 7.50. The minimum Gasteiger partial charge on any atom is -0.408 e. The number of anilines is 1. The van der Waals surface area contributed by atoms with Gasteiger partial charge >= 0.3 is 5.76 Å². The Morgan fingerprint density at radius 3 is 2.76 bits per heavy atom. The van der Waals surface area contributed by atoms with Gasteiger partial charge in [0.05, 0.1) is 16.1 Å². The number of sulfonamides is 1. The molecule has 25 heavy (non-hydrogen) atoms. The minimum atomic E-state index is -4.10. The van der Waals surface area contributed by atoms with Crippen molar-refractivity contribution in [1.82, 2.24) is 4.98 Å². The van der Waals surface area contributed by atoms with Crippen LogP contribution >= 0.6 is 0 Å². The van der Waals surface area contributed by atoms with E-state index in [2.05, 4.69) is 4.98 Å². The Hall–Kier alpha value is -2.68. The van der Waals surface area contributed by atoms with E-state index in [0.717, 1.165) is 10.4 Å². The van der Waals surface area contributed by atoms with Gasteiger partial charge in [-0.15, -0.1) is 0 Å². The molecule has 0 aliphatic carbocycles. The van der Waals surface area contributed by atoms with Crippen LogP contribution in [-0.4, -0.2) is 19.9 Å². The fraction of sp³-hybridized carbons (Fsp3) is 0.188. The minimum absolute atomic E-state index is 0.0764. The quantitative estimate of drug-likeness (QED) is 0.756. The molecule has 9 heteroatoms. The van der Waals surface area contributed by atoms with Crippen molar-refractivity contribution < 1.29 is 21.6 Å². The number of halogens is 2. The van der Waals surface area contributed by atoms with Crippen molar-refractivity contribution in [3.05, 3.63) is 58.1 Å². The van der Waals surface area contributed by atoms with Crippen molar-refractivity contribution in [2.24, 2.45) is 0 Å². The summed E-state index contributed by atoms with van der Waals surface area (Å²) in [4.78, 5) is 13.5. The number of nitrogens with one attached hydrogen (secondary N) is 1. The molecule has 2 heterocycles. The van der Waals surface area contributed by atoms with E-state index < -0.39 is 27.4 Å². The molecule has 4 rings (SSSR count). The lowest BCUT2D eigenvalue weighted by Gasteiger charge is -2.30. The summed E-state index contributed by atoms with van der Waals surface area (Å²) in [6.07, 6.45) is 0.832. The Morgan fingerprint density at radius 1 is 1.16 bits per heavy atom. The van der Waals surface area contributed by atoms with E-state index in [1.54, 1.807) is 0 Å². The van der Waals surface area contributed by atoms with Gasteiger partial charge < -0.3 is 4.42 Å². The first kappa shape index (κ1) is 15.8. The zero-order valence-electron chi connectivity index (χ0n) is 12.8. The highest BCUT2D eigenvalue weighted by Crippen LogP contribution is 2.35. The summed E-state index contributed by atoms with van der Waals surface area (Å²) < 4.78 is 59.5. The highest BCUT2D eigenvalue weighted by Gasteiger charge is 2.32. The van der Waals surface area contributed by atoms with E-state index in [0.29, 0.717) is 30.0 Å². The maximum absolute atomic E-state index is 14.3. The van der Waals surface area contributed by atoms with Crippen LogP contribution in [0.15, 0.2) is 44.4 Å². The summed E-state index contributed by atoms with van der Waals surface area (Å²) in [6.45, 7) is 0.0764. The Labute approximate surface area is 140 Å². The second-order valence-corrected chi connectivity index (χ2v) is 7.61. The van der Waals surface area contributed by atoms with Crippen molar-refractivity contribution in [3.8, 4) is 0 Å². The van der Waals surface area contributed by atoms with Gasteiger partial charge in [0.25, 0.3) is 10.0 Å². The Balaban J connectivity index is 1.87. The molecule has 1 aliphatic heterocycles. The number of nitrogens with zero attached hydrogens (tertiary/aromatic N) is 1. The molecule has 1 aliphatic rings. The Kier molecular flexibility index (Phi) is 3.43. The molecule has 0 fully saturated rings. The van der Waals surface area contributed by atoms with Crippen LogP contribution in [0.25, 0.3) is 11.1 Å². The van der Waals surface area contributed by atoms with E-state index >= 15 is 0 Å². The van der Waals surface area contributed by atoms with Crippen LogP contribution in [0.5, 0.6) is 0 Å². The number of aromatic amines is 1. The lowest BCUT2D eigenvalue weighted by molar-refractivity contribution is 0.553. The third-order valence-electron chi connectivity index (χ3n) is 4.14. The number of aryl methyl sites for hydroxylation is 1. The third kappa shape index (κ3) is 2.51. The van der Waals surface area contributed by atoms with Crippen LogP contribution in [0.2, 0.25) is 0 Å². The molecular weight excluding hydrogens is 354 g/mol. The molecule has 0 radical (unpaired) electrons. The van der Waals surface area contributed by atoms with E-state index in [4.69, 9.17) is 4.42 Å². The fourth-order valence-corrected chi connectivity index (χ4v) is 4.63. The monoisotopic (exact) mass is 366 g/mol. The number of hydrogen-bond acceptors (Lipinski definition) is 4. The first-order chi connectivity index (χ1) is 11.9. The van der Waals surface area contributed by atoms with E-state index in [1.165, 1.54) is 18.2 Å². The molecule has 0 spiro atoms. The van der Waals surface area contributed by atoms with Crippen molar-refractivity contribution >= 4 is 26.8 Å². The van der Waals surface area contributed by atoms with Gasteiger partial charge in [-0.25, -0.2) is 22.0 Å². The van der Waals surface area contributed by atoms with Crippen LogP contribution < -0.4 is 10.1 Å². The summed E-state index contributed by atoms with van der Waals surface area (Å²) in [5.41, 5.74) is 0.615. The van der Waals surface area contributed by atoms with Gasteiger partial charge in [0.2, 0.25) is 0 Å². The lowest BCUT2D eigenvalue weighted by Crippen LogP contribution is -2.36. The topological polar surface area (TPSA) is 83.4 Å². The predicted molar refractivity (Wildman–Crippen MR) is 86.0 cm³/mol. The third-order valence-corrected chi connectivity index (χ3v) is 5.94. The van der Waals surface area contributed by atoms with Crippen LogP contribution in [0.4, 0.5) is 14.5 Å². The van der Waals surface area contributed by atoms with Gasteiger partial charge in [0.15, 0.2) is 11.4 Å². The standard InChI is InChI=1S/C16H12F2N2O4S/c17-10-6-9-2-1-5-20(15(9)12(18)7-10)25(22,23)11-3-4-13-14(8-11)24-16(21)19-13/h3-4,6-8H,1-2,5H2,(H,19,21). The molecule has 6 nitrogen and oxygen atoms in total. The van der Waals surface area contributed by atoms with Gasteiger partial charge in [0, 0.05) is 18.7 Å². The molecule has 1 aromatic heterocycles. The molecule has 0 bridgehead atoms. The van der Waals surface area contributed by atoms with Crippen molar-refractivity contribution in [2.45, 2.75) is 17.7 Å². The number of H-pyrrole nitrogens is 1. The maximum atomic E-state index is 14.3. The smallest absolute Gasteiger partial charge is 0.408 e. The predicted octanol–water partition coefficient (Wildman–Crippen LogP) is 2.54. The van der Waals surface area contributed by atoms with Crippen LogP contribution in [0.3, 0.4) is 0 Å². The molecule has 2 aromatic carbocycles. The zero-order valence-corrected chi connectivity index (χ0v) is 13.6. The van der Waals surface area contributed by atoms with Gasteiger partial charge in [0.1, 0.15) is 5.82 Å². The SMILES string of the molecule is O=c1[nH]c2ccc(S(=O)(=O)N3CCCc4cc(F)cc(F)c43)cc2o1. The number of aromatic nitrogens is 1. The normalized spacial score (nSPS) is 14.7. The molecule has 130 valence electrons. The molecule has 1 N–H and O–H groups in total. The fourth-order valence-electron chi connectivity index (χ4n) is 3.07. The van der Waals surface area contributed by atoms with E-state index in [9.17, 15) is 22.0 Å². The van der Waals surface area contributed by atoms with Crippen LogP contribution in [0, 0.1) is 11.6 Å². The molecule has 0 saturated carbocycles. The van der Waals surface area contributed by atoms with Gasteiger partial charge in [-0.05, 0) is 36.6 Å². The molecule has 0 amide bonds. The summed E-state index contributed by atoms with van der Waals surface area (Å²) in [7, 11) is -4.10. The maximum Gasteiger partial charge on any atom is 0.417 e. The van der Waals surface area contributed by atoms with Crippen molar-refractivity contribution in [2.75, 3.05) is 10.8 Å². The summed E-state index contributed by atoms with van der Waals surface area (Å²) >= 11 is 0.